The third kappa shape index (κ3) is 2.64. The molecule has 0 aromatic heterocycles. The molecule has 1 aromatic rings. The van der Waals surface area contributed by atoms with Crippen molar-refractivity contribution in [1.82, 2.24) is 0 Å². The van der Waals surface area contributed by atoms with Gasteiger partial charge < -0.3 is 14.4 Å². The third-order valence-electron chi connectivity index (χ3n) is 3.59. The number of rotatable bonds is 5. The van der Waals surface area contributed by atoms with E-state index in [1.54, 1.807) is 12.1 Å². The van der Waals surface area contributed by atoms with Gasteiger partial charge in [0.15, 0.2) is 11.6 Å². The fraction of sp³-hybridized carbons (Fsp3) is 0.500. The highest BCUT2D eigenvalue weighted by molar-refractivity contribution is 5.80. The molecule has 0 N–H and O–H groups in total. The number of carbonyl (C=O) groups excluding carboxylic acids is 1. The van der Waals surface area contributed by atoms with Crippen LogP contribution in [0.3, 0.4) is 0 Å². The first kappa shape index (κ1) is 13.6. The molecule has 4 nitrogen and oxygen atoms in total. The van der Waals surface area contributed by atoms with Crippen LogP contribution >= 0.6 is 0 Å². The van der Waals surface area contributed by atoms with Crippen LogP contribution in [0.5, 0.6) is 5.75 Å². The number of nitrogens with zero attached hydrogens (tertiary/aromatic N) is 1. The molecule has 1 aromatic carbocycles. The summed E-state index contributed by atoms with van der Waals surface area (Å²) >= 11 is 0. The van der Waals surface area contributed by atoms with Gasteiger partial charge in [0.1, 0.15) is 0 Å². The number of ether oxygens (including phenoxy) is 2. The van der Waals surface area contributed by atoms with E-state index in [0.717, 1.165) is 12.8 Å². The van der Waals surface area contributed by atoms with E-state index in [0.29, 0.717) is 12.2 Å². The summed E-state index contributed by atoms with van der Waals surface area (Å²) in [5, 5.41) is 0. The Kier molecular flexibility index (Phi) is 3.64. The van der Waals surface area contributed by atoms with Crippen LogP contribution in [0.4, 0.5) is 10.1 Å². The van der Waals surface area contributed by atoms with Crippen molar-refractivity contribution in [2.45, 2.75) is 12.8 Å². The molecule has 1 aliphatic rings. The largest absolute Gasteiger partial charge is 0.494 e. The predicted octanol–water partition coefficient (Wildman–Crippen LogP) is 2.22. The molecule has 1 saturated carbocycles. The molecule has 0 bridgehead atoms. The molecule has 0 radical (unpaired) electrons. The Bertz CT molecular complexity index is 486. The third-order valence-corrected chi connectivity index (χ3v) is 3.59. The Morgan fingerprint density at radius 3 is 2.58 bits per heavy atom. The number of benzene rings is 1. The van der Waals surface area contributed by atoms with Gasteiger partial charge >= 0.3 is 5.97 Å². The van der Waals surface area contributed by atoms with Crippen LogP contribution in [0, 0.1) is 11.2 Å². The van der Waals surface area contributed by atoms with Crippen LogP contribution in [-0.2, 0) is 9.53 Å². The molecule has 0 atom stereocenters. The van der Waals surface area contributed by atoms with Crippen molar-refractivity contribution in [1.29, 1.82) is 0 Å². The Balaban J connectivity index is 2.10. The van der Waals surface area contributed by atoms with Crippen molar-refractivity contribution in [3.63, 3.8) is 0 Å². The van der Waals surface area contributed by atoms with Crippen molar-refractivity contribution in [3.05, 3.63) is 24.0 Å². The van der Waals surface area contributed by atoms with E-state index in [9.17, 15) is 9.18 Å². The highest BCUT2D eigenvalue weighted by atomic mass is 19.1. The van der Waals surface area contributed by atoms with E-state index in [-0.39, 0.29) is 11.7 Å². The van der Waals surface area contributed by atoms with Gasteiger partial charge in [-0.25, -0.2) is 4.39 Å². The predicted molar refractivity (Wildman–Crippen MR) is 69.9 cm³/mol. The summed E-state index contributed by atoms with van der Waals surface area (Å²) in [6.07, 6.45) is 1.64. The Morgan fingerprint density at radius 1 is 1.42 bits per heavy atom. The van der Waals surface area contributed by atoms with Gasteiger partial charge in [-0.2, -0.15) is 0 Å². The highest BCUT2D eigenvalue weighted by Gasteiger charge is 2.51. The first-order valence-corrected chi connectivity index (χ1v) is 6.15. The molecule has 1 aliphatic carbocycles. The average molecular weight is 267 g/mol. The second-order valence-corrected chi connectivity index (χ2v) is 4.95. The molecule has 0 aliphatic heterocycles. The lowest BCUT2D eigenvalue weighted by Crippen LogP contribution is -2.32. The van der Waals surface area contributed by atoms with Crippen LogP contribution in [0.25, 0.3) is 0 Å². The van der Waals surface area contributed by atoms with Crippen molar-refractivity contribution >= 4 is 11.7 Å². The molecule has 0 unspecified atom stereocenters. The van der Waals surface area contributed by atoms with Crippen LogP contribution < -0.4 is 9.64 Å². The molecule has 19 heavy (non-hydrogen) atoms. The fourth-order valence-corrected chi connectivity index (χ4v) is 2.23. The summed E-state index contributed by atoms with van der Waals surface area (Å²) in [4.78, 5) is 13.6. The second kappa shape index (κ2) is 5.07. The first-order chi connectivity index (χ1) is 9.02. The lowest BCUT2D eigenvalue weighted by molar-refractivity contribution is -0.146. The lowest BCUT2D eigenvalue weighted by Gasteiger charge is -2.24. The topological polar surface area (TPSA) is 38.8 Å². The van der Waals surface area contributed by atoms with E-state index in [4.69, 9.17) is 9.47 Å². The van der Waals surface area contributed by atoms with Gasteiger partial charge in [-0.1, -0.05) is 0 Å². The minimum absolute atomic E-state index is 0.187. The van der Waals surface area contributed by atoms with Gasteiger partial charge in [0.2, 0.25) is 0 Å². The van der Waals surface area contributed by atoms with E-state index >= 15 is 0 Å². The number of esters is 1. The lowest BCUT2D eigenvalue weighted by atomic mass is 10.1. The van der Waals surface area contributed by atoms with Gasteiger partial charge in [-0.15, -0.1) is 0 Å². The quantitative estimate of drug-likeness (QED) is 0.767. The van der Waals surface area contributed by atoms with Gasteiger partial charge in [0.05, 0.1) is 19.6 Å². The minimum atomic E-state index is -0.417. The number of hydrogen-bond donors (Lipinski definition) is 0. The van der Waals surface area contributed by atoms with Gasteiger partial charge in [-0.05, 0) is 25.0 Å². The van der Waals surface area contributed by atoms with Crippen molar-refractivity contribution < 1.29 is 18.7 Å². The van der Waals surface area contributed by atoms with Gasteiger partial charge in [0, 0.05) is 25.3 Å². The summed E-state index contributed by atoms with van der Waals surface area (Å²) in [5.41, 5.74) is 0.299. The maximum atomic E-state index is 13.6. The molecule has 0 saturated heterocycles. The number of methoxy groups -OCH3 is 2. The monoisotopic (exact) mass is 267 g/mol. The summed E-state index contributed by atoms with van der Waals surface area (Å²) in [6.45, 7) is 0.533. The van der Waals surface area contributed by atoms with Crippen molar-refractivity contribution in [2.75, 3.05) is 32.7 Å². The first-order valence-electron chi connectivity index (χ1n) is 6.15. The highest BCUT2D eigenvalue weighted by Crippen LogP contribution is 2.47. The van der Waals surface area contributed by atoms with Crippen LogP contribution in [0.2, 0.25) is 0 Å². The molecule has 0 amide bonds. The second-order valence-electron chi connectivity index (χ2n) is 4.95. The average Bonchev–Trinajstić information content (AvgIpc) is 3.18. The standard InChI is InChI=1S/C14H18FNO3/c1-16(9-14(6-7-14)13(17)19-3)10-4-5-12(18-2)11(15)8-10/h4-5,8H,6-7,9H2,1-3H3. The normalized spacial score (nSPS) is 15.8. The molecule has 0 heterocycles. The van der Waals surface area contributed by atoms with Crippen LogP contribution in [-0.4, -0.2) is 33.8 Å². The Morgan fingerprint density at radius 2 is 2.11 bits per heavy atom. The molecule has 1 fully saturated rings. The van der Waals surface area contributed by atoms with E-state index in [1.165, 1.54) is 20.3 Å². The number of halogens is 1. The number of anilines is 1. The zero-order valence-electron chi connectivity index (χ0n) is 11.4. The Hall–Kier alpha value is -1.78. The zero-order valence-corrected chi connectivity index (χ0v) is 11.4. The molecule has 0 spiro atoms. The minimum Gasteiger partial charge on any atom is -0.494 e. The van der Waals surface area contributed by atoms with E-state index in [2.05, 4.69) is 0 Å². The van der Waals surface area contributed by atoms with E-state index in [1.807, 2.05) is 11.9 Å². The SMILES string of the molecule is COC(=O)C1(CN(C)c2ccc(OC)c(F)c2)CC1. The Labute approximate surface area is 112 Å². The zero-order chi connectivity index (χ0) is 14.0. The van der Waals surface area contributed by atoms with E-state index < -0.39 is 11.2 Å². The maximum Gasteiger partial charge on any atom is 0.313 e. The fourth-order valence-electron chi connectivity index (χ4n) is 2.23. The molecular weight excluding hydrogens is 249 g/mol. The van der Waals surface area contributed by atoms with Gasteiger partial charge in [-0.3, -0.25) is 4.79 Å². The molecular formula is C14H18FNO3. The van der Waals surface area contributed by atoms with Crippen molar-refractivity contribution in [2.24, 2.45) is 5.41 Å². The summed E-state index contributed by atoms with van der Waals surface area (Å²) in [5.74, 6) is -0.380. The maximum absolute atomic E-state index is 13.6. The molecule has 104 valence electrons. The smallest absolute Gasteiger partial charge is 0.313 e. The molecule has 2 rings (SSSR count). The van der Waals surface area contributed by atoms with Crippen molar-refractivity contribution in [3.8, 4) is 5.75 Å². The molecule has 5 heteroatoms. The van der Waals surface area contributed by atoms with Crippen LogP contribution in [0.15, 0.2) is 18.2 Å². The summed E-state index contributed by atoms with van der Waals surface area (Å²) < 4.78 is 23.3. The summed E-state index contributed by atoms with van der Waals surface area (Å²) in [7, 11) is 4.66. The summed E-state index contributed by atoms with van der Waals surface area (Å²) in [6, 6.07) is 4.76. The van der Waals surface area contributed by atoms with Gasteiger partial charge in [0.25, 0.3) is 0 Å². The van der Waals surface area contributed by atoms with Crippen LogP contribution in [0.1, 0.15) is 12.8 Å². The number of carbonyl (C=O) groups is 1. The number of hydrogen-bond acceptors (Lipinski definition) is 4.